The number of amides is 1. The molecule has 0 saturated heterocycles. The van der Waals surface area contributed by atoms with Crippen molar-refractivity contribution >= 4 is 33.3 Å². The van der Waals surface area contributed by atoms with E-state index in [1.807, 2.05) is 32.9 Å². The molecular weight excluding hydrogens is 364 g/mol. The largest absolute Gasteiger partial charge is 0.495 e. The molecule has 0 spiro atoms. The number of ether oxygens (including phenoxy) is 1. The fraction of sp³-hybridized carbons (Fsp3) is 0.368. The molecule has 0 aliphatic carbocycles. The summed E-state index contributed by atoms with van der Waals surface area (Å²) in [4.78, 5) is 25.5. The highest BCUT2D eigenvalue weighted by Gasteiger charge is 2.22. The van der Waals surface area contributed by atoms with E-state index >= 15 is 0 Å². The lowest BCUT2D eigenvalue weighted by Crippen LogP contribution is -2.32. The second-order valence-corrected chi connectivity index (χ2v) is 7.67. The van der Waals surface area contributed by atoms with Gasteiger partial charge < -0.3 is 4.74 Å². The van der Waals surface area contributed by atoms with E-state index in [4.69, 9.17) is 4.74 Å². The quantitative estimate of drug-likeness (QED) is 0.725. The standard InChI is InChI=1S/C19H22N4O3S/c1-10(2)18-21-22-19(27-18)20-17(25)12(4)23-15(24)9-11(3)13-7-6-8-14(26-5)16(13)23/h6-10,12H,1-5H3,(H,20,22,25). The Hall–Kier alpha value is -2.74. The Kier molecular flexibility index (Phi) is 5.27. The zero-order chi connectivity index (χ0) is 19.7. The first-order chi connectivity index (χ1) is 12.8. The third-order valence-corrected chi connectivity index (χ3v) is 5.53. The van der Waals surface area contributed by atoms with E-state index in [-0.39, 0.29) is 17.4 Å². The van der Waals surface area contributed by atoms with Crippen molar-refractivity contribution in [2.45, 2.75) is 39.7 Å². The van der Waals surface area contributed by atoms with Crippen LogP contribution < -0.4 is 15.6 Å². The molecule has 0 aliphatic rings. The zero-order valence-electron chi connectivity index (χ0n) is 15.9. The average molecular weight is 386 g/mol. The molecule has 3 rings (SSSR count). The van der Waals surface area contributed by atoms with Crippen LogP contribution in [0.5, 0.6) is 5.75 Å². The molecule has 1 amide bonds. The lowest BCUT2D eigenvalue weighted by molar-refractivity contribution is -0.118. The number of carbonyl (C=O) groups is 1. The molecule has 142 valence electrons. The van der Waals surface area contributed by atoms with Crippen LogP contribution in [0.4, 0.5) is 5.13 Å². The molecular formula is C19H22N4O3S. The van der Waals surface area contributed by atoms with Gasteiger partial charge >= 0.3 is 0 Å². The minimum Gasteiger partial charge on any atom is -0.495 e. The lowest BCUT2D eigenvalue weighted by atomic mass is 10.1. The van der Waals surface area contributed by atoms with Gasteiger partial charge in [-0.15, -0.1) is 10.2 Å². The Bertz CT molecular complexity index is 1050. The Morgan fingerprint density at radius 2 is 2.00 bits per heavy atom. The number of hydrogen-bond acceptors (Lipinski definition) is 6. The van der Waals surface area contributed by atoms with E-state index in [1.165, 1.54) is 22.0 Å². The lowest BCUT2D eigenvalue weighted by Gasteiger charge is -2.19. The maximum Gasteiger partial charge on any atom is 0.252 e. The van der Waals surface area contributed by atoms with E-state index in [0.717, 1.165) is 16.0 Å². The van der Waals surface area contributed by atoms with Crippen molar-refractivity contribution in [3.8, 4) is 5.75 Å². The Morgan fingerprint density at radius 1 is 1.26 bits per heavy atom. The van der Waals surface area contributed by atoms with Gasteiger partial charge in [0, 0.05) is 17.4 Å². The summed E-state index contributed by atoms with van der Waals surface area (Å²) in [6, 6.07) is 6.34. The first kappa shape index (κ1) is 19.0. The van der Waals surface area contributed by atoms with E-state index in [2.05, 4.69) is 15.5 Å². The molecule has 2 aromatic heterocycles. The second-order valence-electron chi connectivity index (χ2n) is 6.66. The number of aryl methyl sites for hydroxylation is 1. The monoisotopic (exact) mass is 386 g/mol. The summed E-state index contributed by atoms with van der Waals surface area (Å²) >= 11 is 1.33. The van der Waals surface area contributed by atoms with Crippen LogP contribution in [0.1, 0.15) is 43.3 Å². The van der Waals surface area contributed by atoms with Crippen LogP contribution >= 0.6 is 11.3 Å². The summed E-state index contributed by atoms with van der Waals surface area (Å²) < 4.78 is 6.90. The van der Waals surface area contributed by atoms with Gasteiger partial charge in [-0.1, -0.05) is 37.3 Å². The Labute approximate surface area is 161 Å². The third kappa shape index (κ3) is 3.57. The first-order valence-corrected chi connectivity index (χ1v) is 9.48. The maximum atomic E-state index is 12.8. The molecule has 1 aromatic carbocycles. The van der Waals surface area contributed by atoms with Gasteiger partial charge in [0.25, 0.3) is 5.56 Å². The summed E-state index contributed by atoms with van der Waals surface area (Å²) in [6.45, 7) is 7.58. The number of nitrogens with zero attached hydrogens (tertiary/aromatic N) is 3. The fourth-order valence-corrected chi connectivity index (χ4v) is 3.68. The second kappa shape index (κ2) is 7.48. The van der Waals surface area contributed by atoms with Crippen molar-refractivity contribution in [3.63, 3.8) is 0 Å². The average Bonchev–Trinajstić information content (AvgIpc) is 3.10. The highest BCUT2D eigenvalue weighted by atomic mass is 32.1. The van der Waals surface area contributed by atoms with Gasteiger partial charge in [0.05, 0.1) is 12.6 Å². The van der Waals surface area contributed by atoms with Crippen molar-refractivity contribution in [2.24, 2.45) is 0 Å². The number of pyridine rings is 1. The normalized spacial score (nSPS) is 12.4. The Balaban J connectivity index is 2.03. The first-order valence-electron chi connectivity index (χ1n) is 8.66. The molecule has 0 aliphatic heterocycles. The number of benzene rings is 1. The van der Waals surface area contributed by atoms with Crippen LogP contribution in [-0.4, -0.2) is 27.8 Å². The molecule has 0 fully saturated rings. The highest BCUT2D eigenvalue weighted by molar-refractivity contribution is 7.15. The van der Waals surface area contributed by atoms with Gasteiger partial charge in [-0.25, -0.2) is 0 Å². The minimum atomic E-state index is -0.747. The number of hydrogen-bond donors (Lipinski definition) is 1. The number of carbonyl (C=O) groups excluding carboxylic acids is 1. The molecule has 3 aromatic rings. The number of methoxy groups -OCH3 is 1. The van der Waals surface area contributed by atoms with E-state index in [0.29, 0.717) is 16.4 Å². The predicted octanol–water partition coefficient (Wildman–Crippen LogP) is 3.49. The van der Waals surface area contributed by atoms with E-state index in [1.54, 1.807) is 20.1 Å². The van der Waals surface area contributed by atoms with Gasteiger partial charge in [-0.2, -0.15) is 0 Å². The fourth-order valence-electron chi connectivity index (χ4n) is 2.93. The van der Waals surface area contributed by atoms with Crippen LogP contribution in [0.2, 0.25) is 0 Å². The maximum absolute atomic E-state index is 12.8. The van der Waals surface area contributed by atoms with Crippen molar-refractivity contribution in [3.05, 3.63) is 45.2 Å². The van der Waals surface area contributed by atoms with Gasteiger partial charge in [0.15, 0.2) is 0 Å². The molecule has 1 N–H and O–H groups in total. The molecule has 0 radical (unpaired) electrons. The summed E-state index contributed by atoms with van der Waals surface area (Å²) in [5.74, 6) is 0.448. The molecule has 0 bridgehead atoms. The number of anilines is 1. The van der Waals surface area contributed by atoms with Gasteiger partial charge in [0.2, 0.25) is 11.0 Å². The number of aromatic nitrogens is 3. The summed E-state index contributed by atoms with van der Waals surface area (Å²) in [5, 5.41) is 13.0. The third-order valence-electron chi connectivity index (χ3n) is 4.39. The van der Waals surface area contributed by atoms with Crippen molar-refractivity contribution in [2.75, 3.05) is 12.4 Å². The van der Waals surface area contributed by atoms with Crippen molar-refractivity contribution in [1.82, 2.24) is 14.8 Å². The van der Waals surface area contributed by atoms with Crippen LogP contribution in [0.3, 0.4) is 0 Å². The smallest absolute Gasteiger partial charge is 0.252 e. The summed E-state index contributed by atoms with van der Waals surface area (Å²) in [6.07, 6.45) is 0. The van der Waals surface area contributed by atoms with Gasteiger partial charge in [0.1, 0.15) is 16.8 Å². The van der Waals surface area contributed by atoms with Gasteiger partial charge in [-0.3, -0.25) is 19.5 Å². The van der Waals surface area contributed by atoms with Gasteiger partial charge in [-0.05, 0) is 25.5 Å². The molecule has 1 atom stereocenters. The Morgan fingerprint density at radius 3 is 2.63 bits per heavy atom. The van der Waals surface area contributed by atoms with Crippen LogP contribution in [0.15, 0.2) is 29.1 Å². The SMILES string of the molecule is COc1cccc2c(C)cc(=O)n(C(C)C(=O)Nc3nnc(C(C)C)s3)c12. The number of fused-ring (bicyclic) bond motifs is 1. The van der Waals surface area contributed by atoms with E-state index in [9.17, 15) is 9.59 Å². The molecule has 27 heavy (non-hydrogen) atoms. The molecule has 1 unspecified atom stereocenters. The molecule has 8 heteroatoms. The molecule has 7 nitrogen and oxygen atoms in total. The summed E-state index contributed by atoms with van der Waals surface area (Å²) in [7, 11) is 1.55. The number of para-hydroxylation sites is 1. The number of nitrogens with one attached hydrogen (secondary N) is 1. The highest BCUT2D eigenvalue weighted by Crippen LogP contribution is 2.29. The molecule has 0 saturated carbocycles. The van der Waals surface area contributed by atoms with Crippen molar-refractivity contribution in [1.29, 1.82) is 0 Å². The number of rotatable bonds is 5. The summed E-state index contributed by atoms with van der Waals surface area (Å²) in [5.41, 5.74) is 1.18. The van der Waals surface area contributed by atoms with Crippen LogP contribution in [0, 0.1) is 6.92 Å². The molecule has 2 heterocycles. The zero-order valence-corrected chi connectivity index (χ0v) is 16.8. The van der Waals surface area contributed by atoms with Crippen LogP contribution in [-0.2, 0) is 4.79 Å². The van der Waals surface area contributed by atoms with Crippen LogP contribution in [0.25, 0.3) is 10.9 Å². The predicted molar refractivity (Wildman–Crippen MR) is 107 cm³/mol. The van der Waals surface area contributed by atoms with Crippen molar-refractivity contribution < 1.29 is 9.53 Å². The topological polar surface area (TPSA) is 86.1 Å². The van der Waals surface area contributed by atoms with E-state index < -0.39 is 6.04 Å². The minimum absolute atomic E-state index is 0.235.